The van der Waals surface area contributed by atoms with Gasteiger partial charge in [-0.05, 0) is 13.5 Å². The largest absolute Gasteiger partial charge is 0.449 e. The molecule has 48 valence electrons. The van der Waals surface area contributed by atoms with E-state index in [2.05, 4.69) is 10.1 Å². The second-order valence-corrected chi connectivity index (χ2v) is 1.43. The predicted octanol–water partition coefficient (Wildman–Crippen LogP) is 0.115. The van der Waals surface area contributed by atoms with Crippen molar-refractivity contribution in [2.45, 2.75) is 20.1 Å². The fourth-order valence-electron chi connectivity index (χ4n) is 0.419. The Bertz CT molecular complexity index is 65.4. The zero-order valence-electron chi connectivity index (χ0n) is 5.18. The topological polar surface area (TPSA) is 38.3 Å². The molecule has 0 aromatic carbocycles. The second-order valence-electron chi connectivity index (χ2n) is 1.43. The second kappa shape index (κ2) is 4.59. The molecule has 0 aliphatic heterocycles. The van der Waals surface area contributed by atoms with Gasteiger partial charge < -0.3 is 4.74 Å². The zero-order chi connectivity index (χ0) is 6.41. The van der Waals surface area contributed by atoms with Crippen LogP contribution in [-0.4, -0.2) is 19.2 Å². The van der Waals surface area contributed by atoms with Crippen molar-refractivity contribution in [1.29, 1.82) is 0 Å². The summed E-state index contributed by atoms with van der Waals surface area (Å²) in [5.74, 6) is 0. The Hall–Kier alpha value is -0.570. The van der Waals surface area contributed by atoms with Crippen LogP contribution in [-0.2, 0) is 9.53 Å². The molecule has 1 atom stereocenters. The average Bonchev–Trinajstić information content (AvgIpc) is 1.68. The van der Waals surface area contributed by atoms with E-state index in [0.29, 0.717) is 6.47 Å². The molecule has 0 amide bonds. The summed E-state index contributed by atoms with van der Waals surface area (Å²) in [7, 11) is 0. The minimum absolute atomic E-state index is 0.155. The van der Waals surface area contributed by atoms with Crippen LogP contribution in [0.2, 0.25) is 0 Å². The molecule has 3 heteroatoms. The molecular formula is C5H11NO2. The molecule has 1 N–H and O–H groups in total. The van der Waals surface area contributed by atoms with Crippen molar-refractivity contribution in [3.8, 4) is 0 Å². The van der Waals surface area contributed by atoms with Gasteiger partial charge in [0.2, 0.25) is 0 Å². The van der Waals surface area contributed by atoms with Crippen LogP contribution >= 0.6 is 0 Å². The van der Waals surface area contributed by atoms with Crippen LogP contribution in [0.5, 0.6) is 0 Å². The zero-order valence-corrected chi connectivity index (χ0v) is 5.18. The van der Waals surface area contributed by atoms with Gasteiger partial charge in [0, 0.05) is 0 Å². The molecule has 0 rings (SSSR count). The van der Waals surface area contributed by atoms with Crippen LogP contribution in [0.1, 0.15) is 13.8 Å². The molecule has 0 fully saturated rings. The summed E-state index contributed by atoms with van der Waals surface area (Å²) in [6, 6.07) is 0. The molecule has 8 heavy (non-hydrogen) atoms. The molecule has 0 aliphatic carbocycles. The molecule has 0 aliphatic rings. The summed E-state index contributed by atoms with van der Waals surface area (Å²) < 4.78 is 4.49. The molecule has 1 unspecified atom stereocenters. The van der Waals surface area contributed by atoms with Crippen LogP contribution < -0.4 is 5.32 Å². The van der Waals surface area contributed by atoms with Crippen molar-refractivity contribution < 1.29 is 9.53 Å². The summed E-state index contributed by atoms with van der Waals surface area (Å²) in [5.41, 5.74) is 0. The third-order valence-corrected chi connectivity index (χ3v) is 0.751. The third-order valence-electron chi connectivity index (χ3n) is 0.751. The van der Waals surface area contributed by atoms with Crippen molar-refractivity contribution in [2.24, 2.45) is 0 Å². The average molecular weight is 117 g/mol. The number of carbonyl (C=O) groups excluding carboxylic acids is 1. The van der Waals surface area contributed by atoms with Crippen LogP contribution in [0.4, 0.5) is 0 Å². The Morgan fingerprint density at radius 3 is 2.88 bits per heavy atom. The lowest BCUT2D eigenvalue weighted by atomic mass is 10.6. The summed E-state index contributed by atoms with van der Waals surface area (Å²) in [5, 5.41) is 2.89. The van der Waals surface area contributed by atoms with Crippen molar-refractivity contribution in [1.82, 2.24) is 5.32 Å². The first-order chi connectivity index (χ1) is 3.81. The van der Waals surface area contributed by atoms with Crippen LogP contribution in [0.15, 0.2) is 0 Å². The fraction of sp³-hybridized carbons (Fsp3) is 0.800. The van der Waals surface area contributed by atoms with Crippen LogP contribution in [0, 0.1) is 0 Å². The first-order valence-electron chi connectivity index (χ1n) is 2.63. The predicted molar refractivity (Wildman–Crippen MR) is 30.3 cm³/mol. The molecule has 0 bridgehead atoms. The van der Waals surface area contributed by atoms with Gasteiger partial charge in [0.25, 0.3) is 6.47 Å². The number of ether oxygens (including phenoxy) is 1. The Balaban J connectivity index is 3.03. The van der Waals surface area contributed by atoms with E-state index in [1.165, 1.54) is 0 Å². The number of hydrogen-bond acceptors (Lipinski definition) is 3. The maximum Gasteiger partial charge on any atom is 0.294 e. The van der Waals surface area contributed by atoms with Crippen molar-refractivity contribution >= 4 is 6.47 Å². The van der Waals surface area contributed by atoms with Gasteiger partial charge in [0.1, 0.15) is 6.23 Å². The fourth-order valence-corrected chi connectivity index (χ4v) is 0.419. The number of carbonyl (C=O) groups is 1. The monoisotopic (exact) mass is 117 g/mol. The van der Waals surface area contributed by atoms with E-state index in [4.69, 9.17) is 0 Å². The molecule has 0 aromatic heterocycles. The van der Waals surface area contributed by atoms with Gasteiger partial charge in [0.05, 0.1) is 0 Å². The molecule has 0 spiro atoms. The van der Waals surface area contributed by atoms with Crippen molar-refractivity contribution in [3.05, 3.63) is 0 Å². The van der Waals surface area contributed by atoms with E-state index in [9.17, 15) is 4.79 Å². The van der Waals surface area contributed by atoms with E-state index in [1.807, 2.05) is 6.92 Å². The maximum absolute atomic E-state index is 9.63. The number of rotatable bonds is 4. The smallest absolute Gasteiger partial charge is 0.294 e. The SMILES string of the molecule is CCNC(C)OC=O. The molecule has 0 saturated heterocycles. The number of nitrogens with one attached hydrogen (secondary N) is 1. The Morgan fingerprint density at radius 2 is 2.50 bits per heavy atom. The standard InChI is InChI=1S/C5H11NO2/c1-3-6-5(2)8-4-7/h4-6H,3H2,1-2H3. The number of hydrogen-bond donors (Lipinski definition) is 1. The summed E-state index contributed by atoms with van der Waals surface area (Å²) in [6.07, 6.45) is -0.155. The lowest BCUT2D eigenvalue weighted by molar-refractivity contribution is -0.134. The highest BCUT2D eigenvalue weighted by molar-refractivity contribution is 5.37. The highest BCUT2D eigenvalue weighted by atomic mass is 16.5. The van der Waals surface area contributed by atoms with Gasteiger partial charge in [-0.2, -0.15) is 0 Å². The Kier molecular flexibility index (Phi) is 4.26. The minimum Gasteiger partial charge on any atom is -0.449 e. The van der Waals surface area contributed by atoms with E-state index >= 15 is 0 Å². The van der Waals surface area contributed by atoms with Crippen molar-refractivity contribution in [3.63, 3.8) is 0 Å². The van der Waals surface area contributed by atoms with E-state index in [1.54, 1.807) is 6.92 Å². The highest BCUT2D eigenvalue weighted by Crippen LogP contribution is 1.77. The first kappa shape index (κ1) is 7.43. The molecule has 0 saturated carbocycles. The Labute approximate surface area is 49.0 Å². The van der Waals surface area contributed by atoms with E-state index in [0.717, 1.165) is 6.54 Å². The maximum atomic E-state index is 9.63. The molecule has 3 nitrogen and oxygen atoms in total. The van der Waals surface area contributed by atoms with E-state index in [-0.39, 0.29) is 6.23 Å². The lowest BCUT2D eigenvalue weighted by Gasteiger charge is -2.07. The van der Waals surface area contributed by atoms with Gasteiger partial charge in [-0.15, -0.1) is 0 Å². The van der Waals surface area contributed by atoms with Gasteiger partial charge in [0.15, 0.2) is 0 Å². The molecule has 0 radical (unpaired) electrons. The normalized spacial score (nSPS) is 12.8. The van der Waals surface area contributed by atoms with Gasteiger partial charge in [-0.25, -0.2) is 0 Å². The van der Waals surface area contributed by atoms with Crippen LogP contribution in [0.3, 0.4) is 0 Å². The molecule has 0 heterocycles. The lowest BCUT2D eigenvalue weighted by Crippen LogP contribution is -2.27. The van der Waals surface area contributed by atoms with Crippen molar-refractivity contribution in [2.75, 3.05) is 6.54 Å². The first-order valence-corrected chi connectivity index (χ1v) is 2.63. The van der Waals surface area contributed by atoms with Gasteiger partial charge >= 0.3 is 0 Å². The Morgan fingerprint density at radius 1 is 1.88 bits per heavy atom. The molecule has 0 aromatic rings. The summed E-state index contributed by atoms with van der Waals surface area (Å²) >= 11 is 0. The quantitative estimate of drug-likeness (QED) is 0.419. The minimum atomic E-state index is -0.155. The summed E-state index contributed by atoms with van der Waals surface area (Å²) in [6.45, 7) is 4.98. The molecular weight excluding hydrogens is 106 g/mol. The van der Waals surface area contributed by atoms with E-state index < -0.39 is 0 Å². The third kappa shape index (κ3) is 3.61. The van der Waals surface area contributed by atoms with Gasteiger partial charge in [-0.3, -0.25) is 10.1 Å². The van der Waals surface area contributed by atoms with Crippen LogP contribution in [0.25, 0.3) is 0 Å². The van der Waals surface area contributed by atoms with Gasteiger partial charge in [-0.1, -0.05) is 6.92 Å². The summed E-state index contributed by atoms with van der Waals surface area (Å²) in [4.78, 5) is 9.63. The highest BCUT2D eigenvalue weighted by Gasteiger charge is 1.93.